The summed E-state index contributed by atoms with van der Waals surface area (Å²) in [5, 5.41) is 0. The van der Waals surface area contributed by atoms with E-state index in [0.717, 1.165) is 25.7 Å². The molecule has 3 heteroatoms. The van der Waals surface area contributed by atoms with Crippen molar-refractivity contribution in [1.82, 2.24) is 5.43 Å². The van der Waals surface area contributed by atoms with E-state index >= 15 is 0 Å². The average molecular weight is 200 g/mol. The van der Waals surface area contributed by atoms with Crippen LogP contribution in [0, 0.1) is 0 Å². The maximum Gasteiger partial charge on any atom is 0.0543 e. The van der Waals surface area contributed by atoms with Crippen molar-refractivity contribution in [3.63, 3.8) is 0 Å². The van der Waals surface area contributed by atoms with Crippen molar-refractivity contribution in [3.8, 4) is 0 Å². The Kier molecular flexibility index (Phi) is 7.76. The van der Waals surface area contributed by atoms with E-state index in [1.54, 1.807) is 7.11 Å². The second-order valence-electron chi connectivity index (χ2n) is 3.79. The summed E-state index contributed by atoms with van der Waals surface area (Å²) < 4.78 is 5.19. The predicted molar refractivity (Wildman–Crippen MR) is 60.9 cm³/mol. The van der Waals surface area contributed by atoms with Crippen molar-refractivity contribution >= 4 is 0 Å². The van der Waals surface area contributed by atoms with Gasteiger partial charge in [0.1, 0.15) is 0 Å². The Balaban J connectivity index is 3.73. The quantitative estimate of drug-likeness (QED) is 0.358. The van der Waals surface area contributed by atoms with E-state index in [-0.39, 0.29) is 0 Å². The smallest absolute Gasteiger partial charge is 0.0543 e. The fourth-order valence-electron chi connectivity index (χ4n) is 1.29. The van der Waals surface area contributed by atoms with Crippen LogP contribution in [-0.4, -0.2) is 19.3 Å². The Morgan fingerprint density at radius 1 is 1.50 bits per heavy atom. The second-order valence-corrected chi connectivity index (χ2v) is 3.79. The SMILES string of the molecule is C=C(CC)CC(CCC(C)OC)NN. The van der Waals surface area contributed by atoms with Crippen LogP contribution in [0.2, 0.25) is 0 Å². The highest BCUT2D eigenvalue weighted by Gasteiger charge is 2.09. The minimum atomic E-state index is 0.306. The van der Waals surface area contributed by atoms with Gasteiger partial charge >= 0.3 is 0 Å². The van der Waals surface area contributed by atoms with E-state index in [9.17, 15) is 0 Å². The maximum atomic E-state index is 5.47. The third kappa shape index (κ3) is 6.13. The monoisotopic (exact) mass is 200 g/mol. The zero-order valence-corrected chi connectivity index (χ0v) is 9.68. The summed E-state index contributed by atoms with van der Waals surface area (Å²) in [7, 11) is 1.74. The van der Waals surface area contributed by atoms with Gasteiger partial charge in [0, 0.05) is 13.2 Å². The molecule has 0 aromatic heterocycles. The first-order valence-electron chi connectivity index (χ1n) is 5.29. The molecule has 3 nitrogen and oxygen atoms in total. The van der Waals surface area contributed by atoms with Gasteiger partial charge in [-0.3, -0.25) is 11.3 Å². The highest BCUT2D eigenvalue weighted by Crippen LogP contribution is 2.12. The van der Waals surface area contributed by atoms with Crippen LogP contribution in [0.5, 0.6) is 0 Å². The molecular formula is C11H24N2O. The van der Waals surface area contributed by atoms with Crippen molar-refractivity contribution < 1.29 is 4.74 Å². The Morgan fingerprint density at radius 2 is 2.14 bits per heavy atom. The number of methoxy groups -OCH3 is 1. The molecule has 0 bridgehead atoms. The molecule has 84 valence electrons. The zero-order valence-electron chi connectivity index (χ0n) is 9.68. The fraction of sp³-hybridized carbons (Fsp3) is 0.818. The predicted octanol–water partition coefficient (Wildman–Crippen LogP) is 1.99. The molecule has 0 amide bonds. The van der Waals surface area contributed by atoms with Crippen LogP contribution < -0.4 is 11.3 Å². The summed E-state index contributed by atoms with van der Waals surface area (Å²) in [6.45, 7) is 8.17. The first-order chi connectivity index (χ1) is 6.63. The third-order valence-electron chi connectivity index (χ3n) is 2.59. The fourth-order valence-corrected chi connectivity index (χ4v) is 1.29. The first-order valence-corrected chi connectivity index (χ1v) is 5.29. The van der Waals surface area contributed by atoms with E-state index in [1.807, 2.05) is 0 Å². The minimum Gasteiger partial charge on any atom is -0.382 e. The van der Waals surface area contributed by atoms with Gasteiger partial charge in [0.05, 0.1) is 6.10 Å². The number of ether oxygens (including phenoxy) is 1. The summed E-state index contributed by atoms with van der Waals surface area (Å²) in [5.74, 6) is 5.47. The van der Waals surface area contributed by atoms with Gasteiger partial charge < -0.3 is 4.74 Å². The number of hydrogen-bond donors (Lipinski definition) is 2. The lowest BCUT2D eigenvalue weighted by atomic mass is 10.0. The van der Waals surface area contributed by atoms with Crippen LogP contribution in [-0.2, 0) is 4.74 Å². The molecule has 0 aromatic rings. The molecule has 0 aliphatic heterocycles. The van der Waals surface area contributed by atoms with Crippen LogP contribution in [0.1, 0.15) is 39.5 Å². The molecule has 14 heavy (non-hydrogen) atoms. The molecule has 0 rings (SSSR count). The van der Waals surface area contributed by atoms with Crippen LogP contribution in [0.4, 0.5) is 0 Å². The molecule has 0 saturated heterocycles. The van der Waals surface area contributed by atoms with Crippen molar-refractivity contribution in [2.24, 2.45) is 5.84 Å². The molecule has 2 unspecified atom stereocenters. The standard InChI is InChI=1S/C11H24N2O/c1-5-9(2)8-11(13-12)7-6-10(3)14-4/h10-11,13H,2,5-8,12H2,1,3-4H3. The Morgan fingerprint density at radius 3 is 2.57 bits per heavy atom. The molecule has 0 fully saturated rings. The largest absolute Gasteiger partial charge is 0.382 e. The van der Waals surface area contributed by atoms with Crippen molar-refractivity contribution in [2.75, 3.05) is 7.11 Å². The van der Waals surface area contributed by atoms with E-state index in [2.05, 4.69) is 25.9 Å². The van der Waals surface area contributed by atoms with Crippen molar-refractivity contribution in [3.05, 3.63) is 12.2 Å². The van der Waals surface area contributed by atoms with E-state index in [4.69, 9.17) is 10.6 Å². The van der Waals surface area contributed by atoms with Gasteiger partial charge in [-0.15, -0.1) is 0 Å². The minimum absolute atomic E-state index is 0.306. The maximum absolute atomic E-state index is 5.47. The zero-order chi connectivity index (χ0) is 11.0. The normalized spacial score (nSPS) is 15.1. The summed E-state index contributed by atoms with van der Waals surface area (Å²) in [6, 6.07) is 0.333. The van der Waals surface area contributed by atoms with Gasteiger partial charge in [0.2, 0.25) is 0 Å². The highest BCUT2D eigenvalue weighted by molar-refractivity contribution is 4.96. The lowest BCUT2D eigenvalue weighted by Gasteiger charge is -2.18. The molecular weight excluding hydrogens is 176 g/mol. The topological polar surface area (TPSA) is 47.3 Å². The molecule has 0 aliphatic rings. The first kappa shape index (κ1) is 13.6. The molecule has 0 saturated carbocycles. The molecule has 3 N–H and O–H groups in total. The van der Waals surface area contributed by atoms with E-state index < -0.39 is 0 Å². The highest BCUT2D eigenvalue weighted by atomic mass is 16.5. The van der Waals surface area contributed by atoms with Gasteiger partial charge in [-0.25, -0.2) is 0 Å². The second kappa shape index (κ2) is 7.97. The number of hydrogen-bond acceptors (Lipinski definition) is 3. The lowest BCUT2D eigenvalue weighted by molar-refractivity contribution is 0.106. The lowest BCUT2D eigenvalue weighted by Crippen LogP contribution is -2.35. The number of nitrogens with two attached hydrogens (primary N) is 1. The van der Waals surface area contributed by atoms with Crippen molar-refractivity contribution in [1.29, 1.82) is 0 Å². The number of hydrazine groups is 1. The molecule has 0 aliphatic carbocycles. The van der Waals surface area contributed by atoms with Crippen LogP contribution in [0.3, 0.4) is 0 Å². The summed E-state index contributed by atoms with van der Waals surface area (Å²) in [5.41, 5.74) is 4.08. The van der Waals surface area contributed by atoms with Gasteiger partial charge in [-0.2, -0.15) is 0 Å². The number of rotatable bonds is 8. The van der Waals surface area contributed by atoms with Gasteiger partial charge in [0.25, 0.3) is 0 Å². The average Bonchev–Trinajstić information content (AvgIpc) is 2.22. The summed E-state index contributed by atoms with van der Waals surface area (Å²) >= 11 is 0. The number of nitrogens with one attached hydrogen (secondary N) is 1. The van der Waals surface area contributed by atoms with Gasteiger partial charge in [0.15, 0.2) is 0 Å². The van der Waals surface area contributed by atoms with Crippen LogP contribution in [0.25, 0.3) is 0 Å². The molecule has 0 heterocycles. The van der Waals surface area contributed by atoms with Crippen LogP contribution in [0.15, 0.2) is 12.2 Å². The van der Waals surface area contributed by atoms with Crippen molar-refractivity contribution in [2.45, 2.75) is 51.7 Å². The van der Waals surface area contributed by atoms with Crippen LogP contribution >= 0.6 is 0 Å². The summed E-state index contributed by atoms with van der Waals surface area (Å²) in [4.78, 5) is 0. The molecule has 0 spiro atoms. The Bertz CT molecular complexity index is 159. The molecule has 0 radical (unpaired) electrons. The molecule has 2 atom stereocenters. The Hall–Kier alpha value is -0.380. The summed E-state index contributed by atoms with van der Waals surface area (Å²) in [6.07, 6.45) is 4.36. The Labute approximate surface area is 87.7 Å². The van der Waals surface area contributed by atoms with E-state index in [1.165, 1.54) is 5.57 Å². The van der Waals surface area contributed by atoms with E-state index in [0.29, 0.717) is 12.1 Å². The third-order valence-corrected chi connectivity index (χ3v) is 2.59. The molecule has 0 aromatic carbocycles. The van der Waals surface area contributed by atoms with Gasteiger partial charge in [-0.05, 0) is 32.6 Å². The van der Waals surface area contributed by atoms with Gasteiger partial charge in [-0.1, -0.05) is 19.1 Å².